The van der Waals surface area contributed by atoms with Gasteiger partial charge in [0.15, 0.2) is 0 Å². The summed E-state index contributed by atoms with van der Waals surface area (Å²) < 4.78 is 0. The number of benzene rings is 1. The molecule has 0 saturated carbocycles. The van der Waals surface area contributed by atoms with Crippen molar-refractivity contribution in [2.45, 2.75) is 25.8 Å². The van der Waals surface area contributed by atoms with E-state index in [-0.39, 0.29) is 11.8 Å². The molecular weight excluding hydrogens is 198 g/mol. The van der Waals surface area contributed by atoms with Crippen molar-refractivity contribution in [1.29, 1.82) is 0 Å². The first kappa shape index (κ1) is 10.9. The number of allylic oxidation sites excluding steroid dienone is 1. The number of hydrogen-bond donors (Lipinski definition) is 1. The Bertz CT molecular complexity index is 370. The zero-order valence-corrected chi connectivity index (χ0v) is 9.36. The molecule has 0 aliphatic heterocycles. The van der Waals surface area contributed by atoms with Crippen molar-refractivity contribution in [1.82, 2.24) is 5.32 Å². The van der Waals surface area contributed by atoms with Crippen molar-refractivity contribution in [3.63, 3.8) is 0 Å². The van der Waals surface area contributed by atoms with Gasteiger partial charge in [0.05, 0.1) is 5.92 Å². The van der Waals surface area contributed by atoms with Gasteiger partial charge in [0.25, 0.3) is 0 Å². The number of nitrogens with one attached hydrogen (secondary N) is 1. The van der Waals surface area contributed by atoms with Crippen LogP contribution >= 0.6 is 0 Å². The highest BCUT2D eigenvalue weighted by molar-refractivity contribution is 5.80. The second-order valence-electron chi connectivity index (χ2n) is 4.17. The molecule has 2 rings (SSSR count). The summed E-state index contributed by atoms with van der Waals surface area (Å²) in [5.41, 5.74) is 1.15. The maximum absolute atomic E-state index is 11.8. The Kier molecular flexibility index (Phi) is 3.76. The van der Waals surface area contributed by atoms with Crippen molar-refractivity contribution in [3.05, 3.63) is 48.0 Å². The first-order valence-electron chi connectivity index (χ1n) is 5.84. The fourth-order valence-electron chi connectivity index (χ4n) is 1.95. The van der Waals surface area contributed by atoms with Crippen LogP contribution < -0.4 is 5.32 Å². The van der Waals surface area contributed by atoms with E-state index in [1.165, 1.54) is 0 Å². The normalized spacial score (nSPS) is 19.4. The largest absolute Gasteiger partial charge is 0.352 e. The average molecular weight is 215 g/mol. The quantitative estimate of drug-likeness (QED) is 0.772. The zero-order chi connectivity index (χ0) is 11.2. The molecule has 1 aliphatic carbocycles. The van der Waals surface area contributed by atoms with Gasteiger partial charge in [-0.1, -0.05) is 42.5 Å². The summed E-state index contributed by atoms with van der Waals surface area (Å²) in [7, 11) is 0. The van der Waals surface area contributed by atoms with Crippen molar-refractivity contribution in [3.8, 4) is 0 Å². The Morgan fingerprint density at radius 2 is 2.12 bits per heavy atom. The first-order valence-corrected chi connectivity index (χ1v) is 5.84. The lowest BCUT2D eigenvalue weighted by molar-refractivity contribution is -0.124. The smallest absolute Gasteiger partial charge is 0.227 e. The third kappa shape index (κ3) is 2.96. The van der Waals surface area contributed by atoms with E-state index in [0.717, 1.165) is 24.8 Å². The highest BCUT2D eigenvalue weighted by atomic mass is 16.1. The zero-order valence-electron chi connectivity index (χ0n) is 9.36. The maximum atomic E-state index is 11.8. The van der Waals surface area contributed by atoms with E-state index >= 15 is 0 Å². The van der Waals surface area contributed by atoms with Gasteiger partial charge in [-0.25, -0.2) is 0 Å². The van der Waals surface area contributed by atoms with E-state index < -0.39 is 0 Å². The van der Waals surface area contributed by atoms with Crippen LogP contribution in [-0.2, 0) is 11.3 Å². The molecule has 0 radical (unpaired) electrons. The van der Waals surface area contributed by atoms with Gasteiger partial charge in [0.2, 0.25) is 5.91 Å². The van der Waals surface area contributed by atoms with Crippen LogP contribution in [-0.4, -0.2) is 5.91 Å². The first-order chi connectivity index (χ1) is 7.86. The molecule has 0 heterocycles. The fourth-order valence-corrected chi connectivity index (χ4v) is 1.95. The fraction of sp³-hybridized carbons (Fsp3) is 0.357. The molecule has 1 aromatic rings. The minimum Gasteiger partial charge on any atom is -0.352 e. The van der Waals surface area contributed by atoms with E-state index in [9.17, 15) is 4.79 Å². The van der Waals surface area contributed by atoms with Gasteiger partial charge in [0, 0.05) is 6.54 Å². The van der Waals surface area contributed by atoms with Crippen molar-refractivity contribution in [2.75, 3.05) is 0 Å². The van der Waals surface area contributed by atoms with Crippen molar-refractivity contribution < 1.29 is 4.79 Å². The maximum Gasteiger partial charge on any atom is 0.227 e. The molecule has 1 atom stereocenters. The second kappa shape index (κ2) is 5.50. The summed E-state index contributed by atoms with van der Waals surface area (Å²) in [4.78, 5) is 11.8. The molecule has 0 aromatic heterocycles. The predicted octanol–water partition coefficient (Wildman–Crippen LogP) is 2.66. The minimum atomic E-state index is 0.0810. The lowest BCUT2D eigenvalue weighted by Gasteiger charge is -2.15. The molecular formula is C14H17NO. The lowest BCUT2D eigenvalue weighted by Crippen LogP contribution is -2.29. The van der Waals surface area contributed by atoms with Crippen LogP contribution in [0.3, 0.4) is 0 Å². The summed E-state index contributed by atoms with van der Waals surface area (Å²) in [5.74, 6) is 0.234. The van der Waals surface area contributed by atoms with E-state index in [2.05, 4.69) is 11.4 Å². The Morgan fingerprint density at radius 1 is 1.31 bits per heavy atom. The molecule has 1 N–H and O–H groups in total. The summed E-state index contributed by atoms with van der Waals surface area (Å²) >= 11 is 0. The highest BCUT2D eigenvalue weighted by Gasteiger charge is 2.16. The van der Waals surface area contributed by atoms with Crippen LogP contribution in [0, 0.1) is 5.92 Å². The van der Waals surface area contributed by atoms with Crippen LogP contribution in [0.4, 0.5) is 0 Å². The molecule has 2 heteroatoms. The number of amides is 1. The number of rotatable bonds is 3. The molecule has 0 fully saturated rings. The monoisotopic (exact) mass is 215 g/mol. The molecule has 16 heavy (non-hydrogen) atoms. The van der Waals surface area contributed by atoms with Crippen LogP contribution in [0.1, 0.15) is 24.8 Å². The van der Waals surface area contributed by atoms with E-state index in [4.69, 9.17) is 0 Å². The molecule has 1 aliphatic rings. The van der Waals surface area contributed by atoms with E-state index in [0.29, 0.717) is 6.54 Å². The Morgan fingerprint density at radius 3 is 2.81 bits per heavy atom. The summed E-state index contributed by atoms with van der Waals surface area (Å²) in [6.45, 7) is 0.629. The Balaban J connectivity index is 1.84. The van der Waals surface area contributed by atoms with Gasteiger partial charge >= 0.3 is 0 Å². The average Bonchev–Trinajstić information content (AvgIpc) is 2.38. The Hall–Kier alpha value is -1.57. The van der Waals surface area contributed by atoms with Crippen LogP contribution in [0.25, 0.3) is 0 Å². The van der Waals surface area contributed by atoms with Gasteiger partial charge < -0.3 is 5.32 Å². The standard InChI is InChI=1S/C14H17NO/c16-14(13-9-5-2-6-10-13)15-11-12-7-3-1-4-8-12/h1,3-5,7-9,13H,2,6,10-11H2,(H,15,16). The summed E-state index contributed by atoms with van der Waals surface area (Å²) in [6, 6.07) is 10.0. The molecule has 0 spiro atoms. The van der Waals surface area contributed by atoms with Gasteiger partial charge in [0.1, 0.15) is 0 Å². The van der Waals surface area contributed by atoms with Crippen LogP contribution in [0.5, 0.6) is 0 Å². The summed E-state index contributed by atoms with van der Waals surface area (Å²) in [5, 5.41) is 2.98. The van der Waals surface area contributed by atoms with Gasteiger partial charge in [-0.05, 0) is 24.8 Å². The topological polar surface area (TPSA) is 29.1 Å². The van der Waals surface area contributed by atoms with E-state index in [1.54, 1.807) is 0 Å². The van der Waals surface area contributed by atoms with Crippen LogP contribution in [0.15, 0.2) is 42.5 Å². The van der Waals surface area contributed by atoms with E-state index in [1.807, 2.05) is 36.4 Å². The molecule has 84 valence electrons. The van der Waals surface area contributed by atoms with Gasteiger partial charge in [-0.2, -0.15) is 0 Å². The molecule has 2 nitrogen and oxygen atoms in total. The minimum absolute atomic E-state index is 0.0810. The predicted molar refractivity (Wildman–Crippen MR) is 64.8 cm³/mol. The third-order valence-electron chi connectivity index (χ3n) is 2.90. The third-order valence-corrected chi connectivity index (χ3v) is 2.90. The summed E-state index contributed by atoms with van der Waals surface area (Å²) in [6.07, 6.45) is 7.36. The number of carbonyl (C=O) groups is 1. The van der Waals surface area contributed by atoms with Crippen molar-refractivity contribution >= 4 is 5.91 Å². The second-order valence-corrected chi connectivity index (χ2v) is 4.17. The van der Waals surface area contributed by atoms with Gasteiger partial charge in [-0.15, -0.1) is 0 Å². The molecule has 0 saturated heterocycles. The number of hydrogen-bond acceptors (Lipinski definition) is 1. The number of carbonyl (C=O) groups excluding carboxylic acids is 1. The molecule has 0 bridgehead atoms. The lowest BCUT2D eigenvalue weighted by atomic mass is 9.95. The highest BCUT2D eigenvalue weighted by Crippen LogP contribution is 2.16. The molecule has 1 aromatic carbocycles. The van der Waals surface area contributed by atoms with Crippen molar-refractivity contribution in [2.24, 2.45) is 5.92 Å². The SMILES string of the molecule is O=C(NCc1ccccc1)C1C=CCCC1. The molecule has 1 amide bonds. The molecule has 1 unspecified atom stereocenters. The van der Waals surface area contributed by atoms with Crippen LogP contribution in [0.2, 0.25) is 0 Å². The van der Waals surface area contributed by atoms with Gasteiger partial charge in [-0.3, -0.25) is 4.79 Å². The Labute approximate surface area is 96.4 Å².